The van der Waals surface area contributed by atoms with E-state index < -0.39 is 6.10 Å². The molecule has 0 aliphatic heterocycles. The van der Waals surface area contributed by atoms with Crippen molar-refractivity contribution in [1.82, 2.24) is 9.97 Å². The van der Waals surface area contributed by atoms with E-state index in [4.69, 9.17) is 0 Å². The van der Waals surface area contributed by atoms with Crippen LogP contribution < -0.4 is 0 Å². The molecule has 0 aromatic carbocycles. The number of aromatic nitrogens is 2. The van der Waals surface area contributed by atoms with Gasteiger partial charge in [-0.2, -0.15) is 0 Å². The van der Waals surface area contributed by atoms with E-state index in [-0.39, 0.29) is 0 Å². The molecule has 76 valence electrons. The molecule has 1 fully saturated rings. The van der Waals surface area contributed by atoms with Crippen molar-refractivity contribution in [2.24, 2.45) is 0 Å². The quantitative estimate of drug-likeness (QED) is 0.780. The predicted molar refractivity (Wildman–Crippen MR) is 54.0 cm³/mol. The van der Waals surface area contributed by atoms with Gasteiger partial charge in [0.15, 0.2) is 0 Å². The number of hydrogen-bond donors (Lipinski definition) is 1. The fraction of sp³-hybridized carbons (Fsp3) is 0.636. The molecule has 0 saturated heterocycles. The molecule has 1 aromatic rings. The molecular weight excluding hydrogens is 176 g/mol. The fourth-order valence-corrected chi connectivity index (χ4v) is 1.77. The molecule has 1 aromatic heterocycles. The second-order valence-corrected chi connectivity index (χ2v) is 4.07. The standard InChI is InChI=1S/C11H16N2O/c1-7-10(8(2)14)6-12-11(13-7)9-4-3-5-9/h6,8-9,14H,3-5H2,1-2H3/t8-/m0/s1. The molecule has 0 radical (unpaired) electrons. The van der Waals surface area contributed by atoms with Gasteiger partial charge in [0.1, 0.15) is 5.82 Å². The maximum atomic E-state index is 9.43. The van der Waals surface area contributed by atoms with Crippen LogP contribution in [0.5, 0.6) is 0 Å². The Morgan fingerprint density at radius 3 is 2.64 bits per heavy atom. The molecule has 3 heteroatoms. The zero-order chi connectivity index (χ0) is 10.1. The van der Waals surface area contributed by atoms with Crippen molar-refractivity contribution in [1.29, 1.82) is 0 Å². The maximum absolute atomic E-state index is 9.43. The number of hydrogen-bond acceptors (Lipinski definition) is 3. The molecule has 1 N–H and O–H groups in total. The maximum Gasteiger partial charge on any atom is 0.131 e. The van der Waals surface area contributed by atoms with E-state index in [1.165, 1.54) is 19.3 Å². The molecule has 0 bridgehead atoms. The summed E-state index contributed by atoms with van der Waals surface area (Å²) < 4.78 is 0. The Kier molecular flexibility index (Phi) is 2.50. The van der Waals surface area contributed by atoms with Crippen LogP contribution in [0, 0.1) is 6.92 Å². The normalized spacial score (nSPS) is 19.1. The van der Waals surface area contributed by atoms with Crippen LogP contribution in [-0.2, 0) is 0 Å². The fourth-order valence-electron chi connectivity index (χ4n) is 1.77. The Morgan fingerprint density at radius 2 is 2.21 bits per heavy atom. The summed E-state index contributed by atoms with van der Waals surface area (Å²) in [6.45, 7) is 3.68. The van der Waals surface area contributed by atoms with Gasteiger partial charge in [0.25, 0.3) is 0 Å². The molecular formula is C11H16N2O. The van der Waals surface area contributed by atoms with E-state index in [0.29, 0.717) is 5.92 Å². The molecule has 0 amide bonds. The lowest BCUT2D eigenvalue weighted by Crippen LogP contribution is -2.14. The summed E-state index contributed by atoms with van der Waals surface area (Å²) in [5.41, 5.74) is 1.75. The zero-order valence-electron chi connectivity index (χ0n) is 8.70. The van der Waals surface area contributed by atoms with E-state index in [1.54, 1.807) is 13.1 Å². The van der Waals surface area contributed by atoms with Crippen molar-refractivity contribution in [2.75, 3.05) is 0 Å². The van der Waals surface area contributed by atoms with Gasteiger partial charge >= 0.3 is 0 Å². The predicted octanol–water partition coefficient (Wildman–Crippen LogP) is 2.11. The second-order valence-electron chi connectivity index (χ2n) is 4.07. The van der Waals surface area contributed by atoms with Gasteiger partial charge in [0, 0.05) is 23.4 Å². The van der Waals surface area contributed by atoms with E-state index in [1.807, 2.05) is 6.92 Å². The molecule has 3 nitrogen and oxygen atoms in total. The summed E-state index contributed by atoms with van der Waals surface area (Å²) in [5.74, 6) is 1.52. The van der Waals surface area contributed by atoms with Crippen LogP contribution in [0.3, 0.4) is 0 Å². The third kappa shape index (κ3) is 1.64. The van der Waals surface area contributed by atoms with Crippen molar-refractivity contribution in [3.63, 3.8) is 0 Å². The van der Waals surface area contributed by atoms with Crippen molar-refractivity contribution >= 4 is 0 Å². The number of aliphatic hydroxyl groups is 1. The van der Waals surface area contributed by atoms with E-state index in [2.05, 4.69) is 9.97 Å². The van der Waals surface area contributed by atoms with Crippen LogP contribution in [0.15, 0.2) is 6.20 Å². The van der Waals surface area contributed by atoms with E-state index >= 15 is 0 Å². The summed E-state index contributed by atoms with van der Waals surface area (Å²) >= 11 is 0. The topological polar surface area (TPSA) is 46.0 Å². The van der Waals surface area contributed by atoms with Gasteiger partial charge in [0.2, 0.25) is 0 Å². The first kappa shape index (κ1) is 9.59. The highest BCUT2D eigenvalue weighted by atomic mass is 16.3. The summed E-state index contributed by atoms with van der Waals surface area (Å²) in [7, 11) is 0. The molecule has 1 aliphatic rings. The Morgan fingerprint density at radius 1 is 1.50 bits per heavy atom. The molecule has 0 spiro atoms. The van der Waals surface area contributed by atoms with Crippen LogP contribution in [0.4, 0.5) is 0 Å². The minimum atomic E-state index is -0.467. The third-order valence-electron chi connectivity index (χ3n) is 2.96. The zero-order valence-corrected chi connectivity index (χ0v) is 8.70. The van der Waals surface area contributed by atoms with Crippen molar-refractivity contribution in [3.05, 3.63) is 23.3 Å². The lowest BCUT2D eigenvalue weighted by atomic mass is 9.85. The van der Waals surface area contributed by atoms with Gasteiger partial charge in [-0.1, -0.05) is 6.42 Å². The largest absolute Gasteiger partial charge is 0.389 e. The van der Waals surface area contributed by atoms with Gasteiger partial charge in [-0.25, -0.2) is 9.97 Å². The minimum Gasteiger partial charge on any atom is -0.389 e. The summed E-state index contributed by atoms with van der Waals surface area (Å²) in [5, 5.41) is 9.43. The van der Waals surface area contributed by atoms with Crippen LogP contribution in [0.2, 0.25) is 0 Å². The number of aliphatic hydroxyl groups excluding tert-OH is 1. The Hall–Kier alpha value is -0.960. The van der Waals surface area contributed by atoms with Crippen molar-refractivity contribution in [2.45, 2.75) is 45.1 Å². The summed E-state index contributed by atoms with van der Waals surface area (Å²) in [4.78, 5) is 8.76. The number of nitrogens with zero attached hydrogens (tertiary/aromatic N) is 2. The Balaban J connectivity index is 2.25. The van der Waals surface area contributed by atoms with Gasteiger partial charge in [-0.05, 0) is 26.7 Å². The molecule has 1 aliphatic carbocycles. The minimum absolute atomic E-state index is 0.467. The molecule has 2 rings (SSSR count). The average molecular weight is 192 g/mol. The number of rotatable bonds is 2. The van der Waals surface area contributed by atoms with Crippen LogP contribution >= 0.6 is 0 Å². The second kappa shape index (κ2) is 3.65. The summed E-state index contributed by atoms with van der Waals surface area (Å²) in [6.07, 6.45) is 5.03. The number of aryl methyl sites for hydroxylation is 1. The molecule has 1 heterocycles. The van der Waals surface area contributed by atoms with Gasteiger partial charge < -0.3 is 5.11 Å². The highest BCUT2D eigenvalue weighted by Crippen LogP contribution is 2.34. The highest BCUT2D eigenvalue weighted by Gasteiger charge is 2.22. The van der Waals surface area contributed by atoms with E-state index in [9.17, 15) is 5.11 Å². The van der Waals surface area contributed by atoms with E-state index in [0.717, 1.165) is 17.1 Å². The van der Waals surface area contributed by atoms with Gasteiger partial charge in [0.05, 0.1) is 6.10 Å². The lowest BCUT2D eigenvalue weighted by Gasteiger charge is -2.24. The van der Waals surface area contributed by atoms with Crippen LogP contribution in [-0.4, -0.2) is 15.1 Å². The van der Waals surface area contributed by atoms with Crippen molar-refractivity contribution < 1.29 is 5.11 Å². The first-order valence-electron chi connectivity index (χ1n) is 5.20. The first-order valence-corrected chi connectivity index (χ1v) is 5.20. The Bertz CT molecular complexity index is 332. The first-order chi connectivity index (χ1) is 6.68. The monoisotopic (exact) mass is 192 g/mol. The Labute approximate surface area is 84.2 Å². The van der Waals surface area contributed by atoms with Crippen LogP contribution in [0.1, 0.15) is 55.3 Å². The highest BCUT2D eigenvalue weighted by molar-refractivity contribution is 5.19. The lowest BCUT2D eigenvalue weighted by molar-refractivity contribution is 0.197. The molecule has 14 heavy (non-hydrogen) atoms. The smallest absolute Gasteiger partial charge is 0.131 e. The third-order valence-corrected chi connectivity index (χ3v) is 2.96. The van der Waals surface area contributed by atoms with Gasteiger partial charge in [-0.3, -0.25) is 0 Å². The molecule has 0 unspecified atom stereocenters. The summed E-state index contributed by atoms with van der Waals surface area (Å²) in [6, 6.07) is 0. The van der Waals surface area contributed by atoms with Crippen molar-refractivity contribution in [3.8, 4) is 0 Å². The molecule has 1 saturated carbocycles. The SMILES string of the molecule is Cc1nc(C2CCC2)ncc1[C@H](C)O. The molecule has 1 atom stereocenters. The van der Waals surface area contributed by atoms with Gasteiger partial charge in [-0.15, -0.1) is 0 Å². The van der Waals surface area contributed by atoms with Crippen LogP contribution in [0.25, 0.3) is 0 Å². The average Bonchev–Trinajstić information content (AvgIpc) is 2.00.